The Kier molecular flexibility index (Phi) is 8.87. The average Bonchev–Trinajstić information content (AvgIpc) is 2.80. The number of anilines is 2. The molecular weight excluding hydrogens is 459 g/mol. The standard InChI is InChI=1S/C25H30ClFN4O3/c1-15(2)17(24(28)32)7-5-4-6-10-34-23-12-18-21(13-22(23)33-3)29-14-30-25(18)31-16-8-9-20(27)19(26)11-16/h8-9,11-15,17H,4-7,10H2,1-3H3,(H2,28,32)(H,29,30,31). The van der Waals surface area contributed by atoms with Gasteiger partial charge in [0.1, 0.15) is 18.0 Å². The van der Waals surface area contributed by atoms with Gasteiger partial charge in [-0.15, -0.1) is 0 Å². The van der Waals surface area contributed by atoms with Gasteiger partial charge in [-0.1, -0.05) is 38.3 Å². The molecule has 1 amide bonds. The van der Waals surface area contributed by atoms with Crippen LogP contribution in [0.25, 0.3) is 10.9 Å². The molecular formula is C25H30ClFN4O3. The van der Waals surface area contributed by atoms with Gasteiger partial charge in [0.15, 0.2) is 11.5 Å². The van der Waals surface area contributed by atoms with E-state index in [2.05, 4.69) is 15.3 Å². The summed E-state index contributed by atoms with van der Waals surface area (Å²) >= 11 is 5.90. The minimum Gasteiger partial charge on any atom is -0.493 e. The first-order chi connectivity index (χ1) is 16.3. The zero-order chi connectivity index (χ0) is 24.7. The van der Waals surface area contributed by atoms with Crippen molar-refractivity contribution in [2.75, 3.05) is 19.0 Å². The fourth-order valence-electron chi connectivity index (χ4n) is 3.78. The summed E-state index contributed by atoms with van der Waals surface area (Å²) in [5.74, 6) is 1.09. The number of methoxy groups -OCH3 is 1. The number of primary amides is 1. The van der Waals surface area contributed by atoms with E-state index in [9.17, 15) is 9.18 Å². The summed E-state index contributed by atoms with van der Waals surface area (Å²) in [4.78, 5) is 20.2. The molecule has 0 radical (unpaired) electrons. The number of ether oxygens (including phenoxy) is 2. The molecule has 34 heavy (non-hydrogen) atoms. The summed E-state index contributed by atoms with van der Waals surface area (Å²) in [5.41, 5.74) is 6.76. The predicted molar refractivity (Wildman–Crippen MR) is 132 cm³/mol. The number of halogens is 2. The Labute approximate surface area is 203 Å². The summed E-state index contributed by atoms with van der Waals surface area (Å²) in [7, 11) is 1.57. The fourth-order valence-corrected chi connectivity index (χ4v) is 3.96. The number of unbranched alkanes of at least 4 members (excludes halogenated alkanes) is 2. The van der Waals surface area contributed by atoms with Crippen molar-refractivity contribution in [1.29, 1.82) is 0 Å². The highest BCUT2D eigenvalue weighted by Crippen LogP contribution is 2.35. The number of carbonyl (C=O) groups is 1. The van der Waals surface area contributed by atoms with Crippen LogP contribution in [-0.2, 0) is 4.79 Å². The number of nitrogens with zero attached hydrogens (tertiary/aromatic N) is 2. The van der Waals surface area contributed by atoms with E-state index in [0.717, 1.165) is 31.1 Å². The second-order valence-corrected chi connectivity index (χ2v) is 8.85. The van der Waals surface area contributed by atoms with Gasteiger partial charge in [0.2, 0.25) is 5.91 Å². The first-order valence-electron chi connectivity index (χ1n) is 11.3. The number of nitrogens with one attached hydrogen (secondary N) is 1. The molecule has 7 nitrogen and oxygen atoms in total. The van der Waals surface area contributed by atoms with Gasteiger partial charge in [-0.25, -0.2) is 14.4 Å². The molecule has 3 rings (SSSR count). The molecule has 0 spiro atoms. The maximum absolute atomic E-state index is 13.5. The number of hydrogen-bond donors (Lipinski definition) is 2. The van der Waals surface area contributed by atoms with Gasteiger partial charge in [0.05, 0.1) is 24.3 Å². The third-order valence-corrected chi connectivity index (χ3v) is 5.98. The Morgan fingerprint density at radius 2 is 1.94 bits per heavy atom. The molecule has 1 heterocycles. The van der Waals surface area contributed by atoms with E-state index in [0.29, 0.717) is 35.1 Å². The highest BCUT2D eigenvalue weighted by Gasteiger charge is 2.18. The van der Waals surface area contributed by atoms with Crippen molar-refractivity contribution in [3.63, 3.8) is 0 Å². The Hall–Kier alpha value is -3.13. The molecule has 0 bridgehead atoms. The monoisotopic (exact) mass is 488 g/mol. The Balaban J connectivity index is 1.68. The number of rotatable bonds is 12. The molecule has 0 aliphatic heterocycles. The number of nitrogens with two attached hydrogens (primary N) is 1. The molecule has 9 heteroatoms. The summed E-state index contributed by atoms with van der Waals surface area (Å²) in [5, 5.41) is 3.90. The lowest BCUT2D eigenvalue weighted by Crippen LogP contribution is -2.27. The van der Waals surface area contributed by atoms with Crippen LogP contribution < -0.4 is 20.5 Å². The highest BCUT2D eigenvalue weighted by atomic mass is 35.5. The maximum Gasteiger partial charge on any atom is 0.220 e. The van der Waals surface area contributed by atoms with Crippen LogP contribution >= 0.6 is 11.6 Å². The van der Waals surface area contributed by atoms with E-state index in [1.54, 1.807) is 19.2 Å². The second kappa shape index (κ2) is 11.8. The molecule has 3 aromatic rings. The van der Waals surface area contributed by atoms with Crippen LogP contribution in [0, 0.1) is 17.7 Å². The first-order valence-corrected chi connectivity index (χ1v) is 11.6. The van der Waals surface area contributed by atoms with Crippen molar-refractivity contribution in [2.24, 2.45) is 17.6 Å². The maximum atomic E-state index is 13.5. The smallest absolute Gasteiger partial charge is 0.220 e. The molecule has 1 atom stereocenters. The number of carbonyl (C=O) groups excluding carboxylic acids is 1. The molecule has 0 saturated carbocycles. The Bertz CT molecular complexity index is 1140. The lowest BCUT2D eigenvalue weighted by atomic mass is 9.90. The molecule has 1 aromatic heterocycles. The SMILES string of the molecule is COc1cc2ncnc(Nc3ccc(F)c(Cl)c3)c2cc1OCCCCCC(C(N)=O)C(C)C. The zero-order valence-electron chi connectivity index (χ0n) is 19.6. The number of benzene rings is 2. The molecule has 2 aromatic carbocycles. The summed E-state index contributed by atoms with van der Waals surface area (Å²) in [6.07, 6.45) is 4.88. The van der Waals surface area contributed by atoms with Crippen molar-refractivity contribution in [1.82, 2.24) is 9.97 Å². The number of amides is 1. The van der Waals surface area contributed by atoms with Crippen LogP contribution in [0.4, 0.5) is 15.9 Å². The quantitative estimate of drug-likeness (QED) is 0.309. The van der Waals surface area contributed by atoms with Crippen LogP contribution in [0.3, 0.4) is 0 Å². The number of fused-ring (bicyclic) bond motifs is 1. The minimum atomic E-state index is -0.491. The predicted octanol–water partition coefficient (Wildman–Crippen LogP) is 5.87. The van der Waals surface area contributed by atoms with Crippen molar-refractivity contribution < 1.29 is 18.7 Å². The molecule has 182 valence electrons. The third-order valence-electron chi connectivity index (χ3n) is 5.69. The van der Waals surface area contributed by atoms with Crippen molar-refractivity contribution >= 4 is 39.9 Å². The molecule has 0 fully saturated rings. The first kappa shape index (κ1) is 25.5. The molecule has 3 N–H and O–H groups in total. The van der Waals surface area contributed by atoms with Gasteiger partial charge < -0.3 is 20.5 Å². The largest absolute Gasteiger partial charge is 0.493 e. The molecule has 0 aliphatic rings. The number of hydrogen-bond acceptors (Lipinski definition) is 6. The molecule has 0 aliphatic carbocycles. The van der Waals surface area contributed by atoms with Crippen LogP contribution in [0.1, 0.15) is 39.5 Å². The molecule has 1 unspecified atom stereocenters. The Morgan fingerprint density at radius 3 is 2.62 bits per heavy atom. The third kappa shape index (κ3) is 6.47. The summed E-state index contributed by atoms with van der Waals surface area (Å²) < 4.78 is 25.0. The van der Waals surface area contributed by atoms with Crippen LogP contribution in [0.2, 0.25) is 5.02 Å². The Morgan fingerprint density at radius 1 is 1.15 bits per heavy atom. The van der Waals surface area contributed by atoms with Crippen molar-refractivity contribution in [3.05, 3.63) is 47.5 Å². The summed E-state index contributed by atoms with van der Waals surface area (Å²) in [6.45, 7) is 4.53. The van der Waals surface area contributed by atoms with E-state index in [4.69, 9.17) is 26.8 Å². The normalized spacial score (nSPS) is 12.1. The zero-order valence-corrected chi connectivity index (χ0v) is 20.4. The lowest BCUT2D eigenvalue weighted by molar-refractivity contribution is -0.123. The van der Waals surface area contributed by atoms with E-state index in [1.165, 1.54) is 18.5 Å². The van der Waals surface area contributed by atoms with Gasteiger partial charge in [0, 0.05) is 23.1 Å². The summed E-state index contributed by atoms with van der Waals surface area (Å²) in [6, 6.07) is 7.98. The van der Waals surface area contributed by atoms with E-state index in [-0.39, 0.29) is 22.8 Å². The van der Waals surface area contributed by atoms with Crippen molar-refractivity contribution in [3.8, 4) is 11.5 Å². The second-order valence-electron chi connectivity index (χ2n) is 8.45. The number of aromatic nitrogens is 2. The van der Waals surface area contributed by atoms with Gasteiger partial charge in [-0.05, 0) is 43.0 Å². The average molecular weight is 489 g/mol. The van der Waals surface area contributed by atoms with Gasteiger partial charge >= 0.3 is 0 Å². The van der Waals surface area contributed by atoms with E-state index >= 15 is 0 Å². The van der Waals surface area contributed by atoms with Crippen LogP contribution in [-0.4, -0.2) is 29.6 Å². The fraction of sp³-hybridized carbons (Fsp3) is 0.400. The van der Waals surface area contributed by atoms with Crippen molar-refractivity contribution in [2.45, 2.75) is 39.5 Å². The van der Waals surface area contributed by atoms with E-state index in [1.807, 2.05) is 19.9 Å². The van der Waals surface area contributed by atoms with Crippen LogP contribution in [0.5, 0.6) is 11.5 Å². The van der Waals surface area contributed by atoms with Gasteiger partial charge in [-0.3, -0.25) is 4.79 Å². The van der Waals surface area contributed by atoms with E-state index < -0.39 is 5.82 Å². The van der Waals surface area contributed by atoms with Gasteiger partial charge in [-0.2, -0.15) is 0 Å². The highest BCUT2D eigenvalue weighted by molar-refractivity contribution is 6.31. The lowest BCUT2D eigenvalue weighted by Gasteiger charge is -2.17. The topological polar surface area (TPSA) is 99.4 Å². The minimum absolute atomic E-state index is 0.0181. The van der Waals surface area contributed by atoms with Crippen LogP contribution in [0.15, 0.2) is 36.7 Å². The van der Waals surface area contributed by atoms with Gasteiger partial charge in [0.25, 0.3) is 0 Å². The molecule has 0 saturated heterocycles.